The van der Waals surface area contributed by atoms with Crippen LogP contribution in [0.2, 0.25) is 0 Å². The van der Waals surface area contributed by atoms with E-state index in [4.69, 9.17) is 0 Å². The second-order valence-electron chi connectivity index (χ2n) is 5.13. The van der Waals surface area contributed by atoms with Gasteiger partial charge >= 0.3 is 0 Å². The SMILES string of the molecule is Cc1ccccc1C(C)NC(=O)[C@H]1CCCNC1. The summed E-state index contributed by atoms with van der Waals surface area (Å²) in [5, 5.41) is 6.41. The van der Waals surface area contributed by atoms with E-state index in [0.29, 0.717) is 0 Å². The number of hydrogen-bond acceptors (Lipinski definition) is 2. The molecule has 0 radical (unpaired) electrons. The largest absolute Gasteiger partial charge is 0.349 e. The zero-order valence-corrected chi connectivity index (χ0v) is 11.2. The van der Waals surface area contributed by atoms with E-state index in [1.807, 2.05) is 12.1 Å². The van der Waals surface area contributed by atoms with Crippen LogP contribution in [0, 0.1) is 12.8 Å². The quantitative estimate of drug-likeness (QED) is 0.858. The van der Waals surface area contributed by atoms with Crippen LogP contribution in [0.25, 0.3) is 0 Å². The van der Waals surface area contributed by atoms with E-state index in [-0.39, 0.29) is 17.9 Å². The number of carbonyl (C=O) groups excluding carboxylic acids is 1. The predicted molar refractivity (Wildman–Crippen MR) is 73.3 cm³/mol. The van der Waals surface area contributed by atoms with Crippen LogP contribution in [0.4, 0.5) is 0 Å². The molecule has 1 heterocycles. The zero-order chi connectivity index (χ0) is 13.0. The molecule has 1 saturated heterocycles. The minimum absolute atomic E-state index is 0.0839. The highest BCUT2D eigenvalue weighted by molar-refractivity contribution is 5.79. The molecule has 0 aromatic heterocycles. The van der Waals surface area contributed by atoms with Crippen LogP contribution in [-0.4, -0.2) is 19.0 Å². The van der Waals surface area contributed by atoms with Gasteiger partial charge in [-0.15, -0.1) is 0 Å². The number of carbonyl (C=O) groups is 1. The molecule has 3 nitrogen and oxygen atoms in total. The summed E-state index contributed by atoms with van der Waals surface area (Å²) in [6.45, 7) is 5.99. The molecule has 0 spiro atoms. The van der Waals surface area contributed by atoms with Gasteiger partial charge in [0.05, 0.1) is 12.0 Å². The lowest BCUT2D eigenvalue weighted by Gasteiger charge is -2.24. The van der Waals surface area contributed by atoms with E-state index in [1.165, 1.54) is 11.1 Å². The van der Waals surface area contributed by atoms with Gasteiger partial charge in [0, 0.05) is 6.54 Å². The molecule has 1 fully saturated rings. The second kappa shape index (κ2) is 6.01. The molecular weight excluding hydrogens is 224 g/mol. The topological polar surface area (TPSA) is 41.1 Å². The fourth-order valence-corrected chi connectivity index (χ4v) is 2.56. The minimum Gasteiger partial charge on any atom is -0.349 e. The molecule has 1 aromatic rings. The first-order valence-corrected chi connectivity index (χ1v) is 6.75. The van der Waals surface area contributed by atoms with Gasteiger partial charge in [-0.25, -0.2) is 0 Å². The molecule has 1 aliphatic heterocycles. The summed E-state index contributed by atoms with van der Waals surface area (Å²) in [5.41, 5.74) is 2.43. The van der Waals surface area contributed by atoms with E-state index in [2.05, 4.69) is 36.6 Å². The van der Waals surface area contributed by atoms with Crippen molar-refractivity contribution in [1.29, 1.82) is 0 Å². The van der Waals surface area contributed by atoms with Crippen LogP contribution in [0.15, 0.2) is 24.3 Å². The summed E-state index contributed by atoms with van der Waals surface area (Å²) in [6, 6.07) is 8.30. The molecule has 1 unspecified atom stereocenters. The Morgan fingerprint density at radius 2 is 2.22 bits per heavy atom. The highest BCUT2D eigenvalue weighted by atomic mass is 16.1. The van der Waals surface area contributed by atoms with Crippen molar-refractivity contribution in [3.8, 4) is 0 Å². The van der Waals surface area contributed by atoms with Gasteiger partial charge in [0.25, 0.3) is 0 Å². The molecule has 3 heteroatoms. The minimum atomic E-state index is 0.0839. The maximum Gasteiger partial charge on any atom is 0.224 e. The Kier molecular flexibility index (Phi) is 4.37. The Morgan fingerprint density at radius 3 is 2.89 bits per heavy atom. The lowest BCUT2D eigenvalue weighted by atomic mass is 9.97. The van der Waals surface area contributed by atoms with E-state index in [1.54, 1.807) is 0 Å². The van der Waals surface area contributed by atoms with Crippen molar-refractivity contribution in [2.75, 3.05) is 13.1 Å². The average molecular weight is 246 g/mol. The molecule has 2 atom stereocenters. The standard InChI is InChI=1S/C15H22N2O/c1-11-6-3-4-8-14(11)12(2)17-15(18)13-7-5-9-16-10-13/h3-4,6,8,12-13,16H,5,7,9-10H2,1-2H3,(H,17,18)/t12?,13-/m0/s1. The van der Waals surface area contributed by atoms with Crippen LogP contribution < -0.4 is 10.6 Å². The summed E-state index contributed by atoms with van der Waals surface area (Å²) in [4.78, 5) is 12.1. The highest BCUT2D eigenvalue weighted by Gasteiger charge is 2.22. The third kappa shape index (κ3) is 3.10. The summed E-state index contributed by atoms with van der Waals surface area (Å²) in [7, 11) is 0. The first kappa shape index (κ1) is 13.1. The van der Waals surface area contributed by atoms with Crippen LogP contribution in [0.5, 0.6) is 0 Å². The van der Waals surface area contributed by atoms with Gasteiger partial charge in [-0.3, -0.25) is 4.79 Å². The van der Waals surface area contributed by atoms with Crippen molar-refractivity contribution in [3.05, 3.63) is 35.4 Å². The van der Waals surface area contributed by atoms with Gasteiger partial charge in [-0.05, 0) is 44.4 Å². The van der Waals surface area contributed by atoms with E-state index >= 15 is 0 Å². The number of hydrogen-bond donors (Lipinski definition) is 2. The van der Waals surface area contributed by atoms with Gasteiger partial charge in [-0.1, -0.05) is 24.3 Å². The summed E-state index contributed by atoms with van der Waals surface area (Å²) >= 11 is 0. The number of benzene rings is 1. The molecule has 1 aliphatic rings. The van der Waals surface area contributed by atoms with Gasteiger partial charge in [0.15, 0.2) is 0 Å². The van der Waals surface area contributed by atoms with Crippen LogP contribution in [0.3, 0.4) is 0 Å². The molecule has 98 valence electrons. The molecule has 0 aliphatic carbocycles. The molecule has 0 saturated carbocycles. The first-order chi connectivity index (χ1) is 8.68. The molecule has 1 amide bonds. The summed E-state index contributed by atoms with van der Waals surface area (Å²) in [5.74, 6) is 0.308. The molecule has 0 bridgehead atoms. The van der Waals surface area contributed by atoms with Crippen molar-refractivity contribution in [3.63, 3.8) is 0 Å². The molecular formula is C15H22N2O. The Labute approximate surface area is 109 Å². The lowest BCUT2D eigenvalue weighted by molar-refractivity contribution is -0.126. The molecule has 1 aromatic carbocycles. The van der Waals surface area contributed by atoms with Crippen LogP contribution in [0.1, 0.15) is 36.9 Å². The highest BCUT2D eigenvalue weighted by Crippen LogP contribution is 2.18. The smallest absolute Gasteiger partial charge is 0.224 e. The second-order valence-corrected chi connectivity index (χ2v) is 5.13. The van der Waals surface area contributed by atoms with Crippen molar-refractivity contribution in [2.24, 2.45) is 5.92 Å². The maximum atomic E-state index is 12.1. The third-order valence-electron chi connectivity index (χ3n) is 3.68. The number of amides is 1. The molecule has 18 heavy (non-hydrogen) atoms. The van der Waals surface area contributed by atoms with Crippen LogP contribution in [-0.2, 0) is 4.79 Å². The Bertz CT molecular complexity index is 411. The number of nitrogens with one attached hydrogen (secondary N) is 2. The Hall–Kier alpha value is -1.35. The van der Waals surface area contributed by atoms with Gasteiger partial charge in [0.1, 0.15) is 0 Å². The molecule has 2 N–H and O–H groups in total. The maximum absolute atomic E-state index is 12.1. The number of rotatable bonds is 3. The molecule has 2 rings (SSSR count). The normalized spacial score (nSPS) is 21.3. The van der Waals surface area contributed by atoms with Gasteiger partial charge < -0.3 is 10.6 Å². The van der Waals surface area contributed by atoms with Gasteiger partial charge in [0.2, 0.25) is 5.91 Å². The average Bonchev–Trinajstić information content (AvgIpc) is 2.40. The van der Waals surface area contributed by atoms with E-state index in [9.17, 15) is 4.79 Å². The number of aryl methyl sites for hydroxylation is 1. The number of piperidine rings is 1. The van der Waals surface area contributed by atoms with E-state index in [0.717, 1.165) is 25.9 Å². The fourth-order valence-electron chi connectivity index (χ4n) is 2.56. The van der Waals surface area contributed by atoms with Crippen molar-refractivity contribution < 1.29 is 4.79 Å². The lowest BCUT2D eigenvalue weighted by Crippen LogP contribution is -2.41. The van der Waals surface area contributed by atoms with Crippen molar-refractivity contribution >= 4 is 5.91 Å². The van der Waals surface area contributed by atoms with Gasteiger partial charge in [-0.2, -0.15) is 0 Å². The van der Waals surface area contributed by atoms with Crippen molar-refractivity contribution in [2.45, 2.75) is 32.7 Å². The Balaban J connectivity index is 1.96. The third-order valence-corrected chi connectivity index (χ3v) is 3.68. The summed E-state index contributed by atoms with van der Waals surface area (Å²) in [6.07, 6.45) is 2.09. The van der Waals surface area contributed by atoms with Crippen LogP contribution >= 0.6 is 0 Å². The predicted octanol–water partition coefficient (Wildman–Crippen LogP) is 2.17. The summed E-state index contributed by atoms with van der Waals surface area (Å²) < 4.78 is 0. The Morgan fingerprint density at radius 1 is 1.44 bits per heavy atom. The fraction of sp³-hybridized carbons (Fsp3) is 0.533. The monoisotopic (exact) mass is 246 g/mol. The first-order valence-electron chi connectivity index (χ1n) is 6.75. The zero-order valence-electron chi connectivity index (χ0n) is 11.2. The van der Waals surface area contributed by atoms with E-state index < -0.39 is 0 Å². The van der Waals surface area contributed by atoms with Crippen molar-refractivity contribution in [1.82, 2.24) is 10.6 Å².